The molecule has 8 nitrogen and oxygen atoms in total. The topological polar surface area (TPSA) is 88.5 Å². The standard InChI is InChI=1S/C26H28N2O6/c1-32-19-7-3-2-6-18(19)23-22(24(29)17-8-9-20-21(16-17)34-15-14-33-20)25(30)26(31)28(23)13-12-27-10-4-5-11-27/h2-3,6-9,16,23,29H,4-5,10-15H2,1H3/b24-22+. The number of aliphatic hydroxyl groups is 1. The molecule has 1 N–H and O–H groups in total. The molecule has 2 aromatic rings. The average Bonchev–Trinajstić information content (AvgIpc) is 3.48. The number of hydrogen-bond donors (Lipinski definition) is 1. The van der Waals surface area contributed by atoms with Crippen LogP contribution in [0.15, 0.2) is 48.0 Å². The predicted octanol–water partition coefficient (Wildman–Crippen LogP) is 2.98. The van der Waals surface area contributed by atoms with Crippen LogP contribution in [-0.2, 0) is 9.59 Å². The number of carbonyl (C=O) groups is 2. The fraction of sp³-hybridized carbons (Fsp3) is 0.385. The van der Waals surface area contributed by atoms with Crippen molar-refractivity contribution in [3.63, 3.8) is 0 Å². The van der Waals surface area contributed by atoms with Gasteiger partial charge >= 0.3 is 0 Å². The number of fused-ring (bicyclic) bond motifs is 1. The van der Waals surface area contributed by atoms with Gasteiger partial charge in [-0.15, -0.1) is 0 Å². The third kappa shape index (κ3) is 3.98. The molecule has 2 saturated heterocycles. The van der Waals surface area contributed by atoms with Crippen LogP contribution in [0.2, 0.25) is 0 Å². The van der Waals surface area contributed by atoms with Gasteiger partial charge in [-0.25, -0.2) is 0 Å². The molecule has 3 aliphatic heterocycles. The lowest BCUT2D eigenvalue weighted by Crippen LogP contribution is -2.37. The van der Waals surface area contributed by atoms with E-state index in [9.17, 15) is 14.7 Å². The van der Waals surface area contributed by atoms with Crippen molar-refractivity contribution in [1.82, 2.24) is 9.80 Å². The Labute approximate surface area is 198 Å². The number of hydrogen-bond acceptors (Lipinski definition) is 7. The highest BCUT2D eigenvalue weighted by Gasteiger charge is 2.47. The van der Waals surface area contributed by atoms with Crippen LogP contribution in [-0.4, -0.2) is 73.1 Å². The minimum absolute atomic E-state index is 0.0487. The number of ether oxygens (including phenoxy) is 3. The van der Waals surface area contributed by atoms with Gasteiger partial charge < -0.3 is 29.1 Å². The normalized spacial score (nSPS) is 21.8. The number of nitrogens with zero attached hydrogens (tertiary/aromatic N) is 2. The number of aliphatic hydroxyl groups excluding tert-OH is 1. The Kier molecular flexibility index (Phi) is 6.15. The molecule has 1 amide bonds. The number of methoxy groups -OCH3 is 1. The summed E-state index contributed by atoms with van der Waals surface area (Å²) < 4.78 is 16.8. The van der Waals surface area contributed by atoms with Gasteiger partial charge in [0, 0.05) is 24.2 Å². The minimum atomic E-state index is -0.757. The molecule has 0 aliphatic carbocycles. The lowest BCUT2D eigenvalue weighted by molar-refractivity contribution is -0.140. The summed E-state index contributed by atoms with van der Waals surface area (Å²) in [4.78, 5) is 30.3. The zero-order valence-corrected chi connectivity index (χ0v) is 19.2. The van der Waals surface area contributed by atoms with Crippen LogP contribution >= 0.6 is 0 Å². The maximum Gasteiger partial charge on any atom is 0.295 e. The number of amides is 1. The Hall–Kier alpha value is -3.52. The van der Waals surface area contributed by atoms with Gasteiger partial charge in [0.1, 0.15) is 24.7 Å². The summed E-state index contributed by atoms with van der Waals surface area (Å²) in [5, 5.41) is 11.3. The second-order valence-corrected chi connectivity index (χ2v) is 8.64. The van der Waals surface area contributed by atoms with Crippen molar-refractivity contribution in [3.8, 4) is 17.2 Å². The van der Waals surface area contributed by atoms with E-state index in [1.807, 2.05) is 18.2 Å². The Morgan fingerprint density at radius 1 is 1.03 bits per heavy atom. The highest BCUT2D eigenvalue weighted by Crippen LogP contribution is 2.43. The summed E-state index contributed by atoms with van der Waals surface area (Å²) >= 11 is 0. The van der Waals surface area contributed by atoms with Crippen LogP contribution in [0.3, 0.4) is 0 Å². The molecule has 0 aromatic heterocycles. The number of carbonyl (C=O) groups excluding carboxylic acids is 2. The van der Waals surface area contributed by atoms with Crippen LogP contribution in [0.25, 0.3) is 5.76 Å². The van der Waals surface area contributed by atoms with Gasteiger partial charge in [-0.05, 0) is 50.2 Å². The Morgan fingerprint density at radius 2 is 1.76 bits per heavy atom. The second kappa shape index (κ2) is 9.38. The molecule has 0 radical (unpaired) electrons. The van der Waals surface area contributed by atoms with E-state index in [2.05, 4.69) is 4.90 Å². The van der Waals surface area contributed by atoms with Crippen molar-refractivity contribution in [3.05, 3.63) is 59.2 Å². The van der Waals surface area contributed by atoms with Crippen LogP contribution in [0.5, 0.6) is 17.2 Å². The first kappa shape index (κ1) is 22.3. The van der Waals surface area contributed by atoms with E-state index in [1.54, 1.807) is 36.3 Å². The van der Waals surface area contributed by atoms with Crippen LogP contribution in [0.4, 0.5) is 0 Å². The predicted molar refractivity (Wildman–Crippen MR) is 125 cm³/mol. The molecule has 2 fully saturated rings. The summed E-state index contributed by atoms with van der Waals surface area (Å²) in [6, 6.07) is 11.5. The van der Waals surface area contributed by atoms with Crippen molar-refractivity contribution in [2.75, 3.05) is 46.5 Å². The van der Waals surface area contributed by atoms with Gasteiger partial charge in [0.05, 0.1) is 18.7 Å². The van der Waals surface area contributed by atoms with E-state index in [0.717, 1.165) is 25.9 Å². The molecule has 0 bridgehead atoms. The van der Waals surface area contributed by atoms with E-state index < -0.39 is 17.7 Å². The fourth-order valence-corrected chi connectivity index (χ4v) is 4.93. The minimum Gasteiger partial charge on any atom is -0.507 e. The van der Waals surface area contributed by atoms with Crippen molar-refractivity contribution < 1.29 is 28.9 Å². The van der Waals surface area contributed by atoms with Crippen LogP contribution in [0, 0.1) is 0 Å². The van der Waals surface area contributed by atoms with E-state index in [-0.39, 0.29) is 11.3 Å². The van der Waals surface area contributed by atoms with Crippen LogP contribution < -0.4 is 14.2 Å². The third-order valence-corrected chi connectivity index (χ3v) is 6.64. The van der Waals surface area contributed by atoms with Crippen molar-refractivity contribution in [1.29, 1.82) is 0 Å². The highest BCUT2D eigenvalue weighted by atomic mass is 16.6. The number of rotatable bonds is 6. The first-order chi connectivity index (χ1) is 16.6. The molecule has 3 aliphatic rings. The molecule has 8 heteroatoms. The molecular weight excluding hydrogens is 436 g/mol. The lowest BCUT2D eigenvalue weighted by atomic mass is 9.94. The van der Waals surface area contributed by atoms with Crippen molar-refractivity contribution in [2.24, 2.45) is 0 Å². The van der Waals surface area contributed by atoms with Crippen molar-refractivity contribution in [2.45, 2.75) is 18.9 Å². The first-order valence-electron chi connectivity index (χ1n) is 11.6. The Bertz CT molecular complexity index is 1140. The summed E-state index contributed by atoms with van der Waals surface area (Å²) in [6.07, 6.45) is 2.28. The number of ketones is 1. The van der Waals surface area contributed by atoms with Crippen molar-refractivity contribution >= 4 is 17.4 Å². The van der Waals surface area contributed by atoms with Gasteiger partial charge in [-0.1, -0.05) is 18.2 Å². The maximum absolute atomic E-state index is 13.3. The zero-order chi connectivity index (χ0) is 23.7. The Morgan fingerprint density at radius 3 is 2.53 bits per heavy atom. The molecule has 0 saturated carbocycles. The number of para-hydroxylation sites is 1. The van der Waals surface area contributed by atoms with E-state index >= 15 is 0 Å². The SMILES string of the molecule is COc1ccccc1C1/C(=C(\O)c2ccc3c(c2)OCCO3)C(=O)C(=O)N1CCN1CCCC1. The largest absolute Gasteiger partial charge is 0.507 e. The first-order valence-corrected chi connectivity index (χ1v) is 11.6. The molecule has 178 valence electrons. The second-order valence-electron chi connectivity index (χ2n) is 8.64. The van der Waals surface area contributed by atoms with Gasteiger partial charge in [-0.3, -0.25) is 9.59 Å². The maximum atomic E-state index is 13.3. The number of likely N-dealkylation sites (tertiary alicyclic amines) is 2. The number of benzene rings is 2. The van der Waals surface area contributed by atoms with E-state index in [1.165, 1.54) is 0 Å². The monoisotopic (exact) mass is 464 g/mol. The zero-order valence-electron chi connectivity index (χ0n) is 19.2. The molecule has 2 aromatic carbocycles. The van der Waals surface area contributed by atoms with Gasteiger partial charge in [0.2, 0.25) is 0 Å². The summed E-state index contributed by atoms with van der Waals surface area (Å²) in [7, 11) is 1.55. The lowest BCUT2D eigenvalue weighted by Gasteiger charge is -2.28. The molecule has 3 heterocycles. The molecular formula is C26H28N2O6. The molecule has 0 spiro atoms. The molecule has 1 unspecified atom stereocenters. The quantitative estimate of drug-likeness (QED) is 0.399. The van der Waals surface area contributed by atoms with E-state index in [0.29, 0.717) is 54.7 Å². The van der Waals surface area contributed by atoms with E-state index in [4.69, 9.17) is 14.2 Å². The van der Waals surface area contributed by atoms with Gasteiger partial charge in [0.15, 0.2) is 11.5 Å². The highest BCUT2D eigenvalue weighted by molar-refractivity contribution is 6.46. The van der Waals surface area contributed by atoms with Gasteiger partial charge in [-0.2, -0.15) is 0 Å². The smallest absolute Gasteiger partial charge is 0.295 e. The summed E-state index contributed by atoms with van der Waals surface area (Å²) in [5.41, 5.74) is 1.10. The summed E-state index contributed by atoms with van der Waals surface area (Å²) in [5.74, 6) is 0.0602. The fourth-order valence-electron chi connectivity index (χ4n) is 4.93. The summed E-state index contributed by atoms with van der Waals surface area (Å²) in [6.45, 7) is 3.88. The van der Waals surface area contributed by atoms with Gasteiger partial charge in [0.25, 0.3) is 11.7 Å². The Balaban J connectivity index is 1.58. The van der Waals surface area contributed by atoms with Crippen LogP contribution in [0.1, 0.15) is 30.0 Å². The number of Topliss-reactive ketones (excluding diaryl/α,β-unsaturated/α-hetero) is 1. The average molecular weight is 465 g/mol. The molecule has 5 rings (SSSR count). The third-order valence-electron chi connectivity index (χ3n) is 6.64. The molecule has 34 heavy (non-hydrogen) atoms. The molecule has 1 atom stereocenters.